The van der Waals surface area contributed by atoms with Crippen LogP contribution in [0, 0.1) is 0 Å². The molecule has 1 saturated heterocycles. The third-order valence-electron chi connectivity index (χ3n) is 3.45. The van der Waals surface area contributed by atoms with E-state index < -0.39 is 11.5 Å². The van der Waals surface area contributed by atoms with Crippen LogP contribution in [0.1, 0.15) is 34.3 Å². The monoisotopic (exact) mass is 349 g/mol. The van der Waals surface area contributed by atoms with Crippen LogP contribution in [0.25, 0.3) is 4.96 Å². The van der Waals surface area contributed by atoms with E-state index in [-0.39, 0.29) is 11.7 Å². The Morgan fingerprint density at radius 1 is 1.43 bits per heavy atom. The van der Waals surface area contributed by atoms with Crippen LogP contribution in [0.2, 0.25) is 0 Å². The number of aromatic nitrogens is 4. The van der Waals surface area contributed by atoms with E-state index in [1.165, 1.54) is 33.3 Å². The molecule has 1 atom stereocenters. The van der Waals surface area contributed by atoms with E-state index in [0.29, 0.717) is 10.1 Å². The topological polar surface area (TPSA) is 98.5 Å². The van der Waals surface area contributed by atoms with Crippen molar-refractivity contribution in [2.45, 2.75) is 18.9 Å². The summed E-state index contributed by atoms with van der Waals surface area (Å²) < 4.78 is 6.88. The van der Waals surface area contributed by atoms with E-state index in [0.717, 1.165) is 24.5 Å². The number of anilines is 1. The van der Waals surface area contributed by atoms with Crippen molar-refractivity contribution in [1.29, 1.82) is 0 Å². The van der Waals surface area contributed by atoms with Crippen molar-refractivity contribution in [3.8, 4) is 0 Å². The molecule has 1 aliphatic heterocycles. The number of hydrogen-bond acceptors (Lipinski definition) is 8. The molecule has 4 heterocycles. The summed E-state index contributed by atoms with van der Waals surface area (Å²) in [6.45, 7) is 0.717. The minimum Gasteiger partial charge on any atom is -0.371 e. The summed E-state index contributed by atoms with van der Waals surface area (Å²) >= 11 is 2.59. The fourth-order valence-corrected chi connectivity index (χ4v) is 3.83. The largest absolute Gasteiger partial charge is 0.371 e. The molecule has 23 heavy (non-hydrogen) atoms. The van der Waals surface area contributed by atoms with Gasteiger partial charge in [-0.25, -0.2) is 4.98 Å². The average Bonchev–Trinajstić information content (AvgIpc) is 3.28. The molecule has 1 amide bonds. The molecule has 0 unspecified atom stereocenters. The fraction of sp³-hybridized carbons (Fsp3) is 0.308. The van der Waals surface area contributed by atoms with Gasteiger partial charge in [-0.3, -0.25) is 19.3 Å². The number of amides is 1. The molecule has 3 aromatic heterocycles. The molecule has 1 fully saturated rings. The van der Waals surface area contributed by atoms with Crippen LogP contribution < -0.4 is 10.9 Å². The lowest BCUT2D eigenvalue weighted by molar-refractivity contribution is 0.102. The normalized spacial score (nSPS) is 17.7. The number of nitrogens with one attached hydrogen (secondary N) is 1. The zero-order valence-corrected chi connectivity index (χ0v) is 13.4. The van der Waals surface area contributed by atoms with Gasteiger partial charge in [-0.05, 0) is 12.8 Å². The predicted molar refractivity (Wildman–Crippen MR) is 85.1 cm³/mol. The summed E-state index contributed by atoms with van der Waals surface area (Å²) in [5, 5.41) is 13.4. The second-order valence-electron chi connectivity index (χ2n) is 4.93. The van der Waals surface area contributed by atoms with Crippen LogP contribution in [-0.4, -0.2) is 32.1 Å². The third kappa shape index (κ3) is 2.64. The number of fused-ring (bicyclic) bond motifs is 1. The van der Waals surface area contributed by atoms with Crippen LogP contribution in [0.5, 0.6) is 0 Å². The highest BCUT2D eigenvalue weighted by Gasteiger charge is 2.23. The Hall–Kier alpha value is -2.17. The maximum atomic E-state index is 12.3. The molecule has 10 heteroatoms. The molecule has 0 radical (unpaired) electrons. The fourth-order valence-electron chi connectivity index (χ4n) is 2.33. The molecule has 0 aliphatic carbocycles. The molecular weight excluding hydrogens is 338 g/mol. The first-order valence-corrected chi connectivity index (χ1v) is 8.63. The van der Waals surface area contributed by atoms with E-state index in [4.69, 9.17) is 4.74 Å². The minimum atomic E-state index is -0.543. The Morgan fingerprint density at radius 2 is 2.35 bits per heavy atom. The molecule has 1 N–H and O–H groups in total. The van der Waals surface area contributed by atoms with Crippen LogP contribution >= 0.6 is 22.7 Å². The molecule has 1 aliphatic rings. The first kappa shape index (κ1) is 14.4. The number of carbonyl (C=O) groups is 1. The molecular formula is C13H11N5O3S2. The molecule has 4 rings (SSSR count). The number of thiazole rings is 1. The Labute approximate surface area is 137 Å². The summed E-state index contributed by atoms with van der Waals surface area (Å²) in [5.41, 5.74) is -0.438. The Kier molecular flexibility index (Phi) is 3.63. The van der Waals surface area contributed by atoms with Crippen molar-refractivity contribution in [1.82, 2.24) is 19.6 Å². The van der Waals surface area contributed by atoms with Crippen LogP contribution in [-0.2, 0) is 4.74 Å². The smallest absolute Gasteiger partial charge is 0.271 e. The third-order valence-corrected chi connectivity index (χ3v) is 5.16. The van der Waals surface area contributed by atoms with Gasteiger partial charge in [-0.15, -0.1) is 21.5 Å². The maximum absolute atomic E-state index is 12.3. The highest BCUT2D eigenvalue weighted by atomic mass is 32.1. The standard InChI is InChI=1S/C13H11N5O3S2/c19-9(7-6-14-13-18(11(7)20)3-5-22-13)15-12-17-16-10(23-12)8-2-1-4-21-8/h3,5-6,8H,1-2,4H2,(H,15,17,19)/t8-/m0/s1. The lowest BCUT2D eigenvalue weighted by atomic mass is 10.2. The van der Waals surface area contributed by atoms with Gasteiger partial charge in [0.1, 0.15) is 16.7 Å². The zero-order valence-electron chi connectivity index (χ0n) is 11.8. The number of carbonyl (C=O) groups excluding carboxylic acids is 1. The second kappa shape index (κ2) is 5.80. The van der Waals surface area contributed by atoms with E-state index in [1.54, 1.807) is 11.6 Å². The van der Waals surface area contributed by atoms with Gasteiger partial charge in [0.15, 0.2) is 4.96 Å². The van der Waals surface area contributed by atoms with Gasteiger partial charge in [-0.2, -0.15) is 0 Å². The Balaban J connectivity index is 1.57. The molecule has 8 nitrogen and oxygen atoms in total. The number of ether oxygens (including phenoxy) is 1. The summed E-state index contributed by atoms with van der Waals surface area (Å²) in [5.74, 6) is -0.543. The number of rotatable bonds is 3. The van der Waals surface area contributed by atoms with Crippen molar-refractivity contribution in [2.75, 3.05) is 11.9 Å². The van der Waals surface area contributed by atoms with Gasteiger partial charge in [0.2, 0.25) is 5.13 Å². The first-order chi connectivity index (χ1) is 11.2. The molecule has 0 aromatic carbocycles. The lowest BCUT2D eigenvalue weighted by Gasteiger charge is -2.02. The van der Waals surface area contributed by atoms with E-state index in [9.17, 15) is 9.59 Å². The van der Waals surface area contributed by atoms with E-state index >= 15 is 0 Å². The maximum Gasteiger partial charge on any atom is 0.271 e. The molecule has 0 saturated carbocycles. The molecule has 3 aromatic rings. The number of hydrogen-bond donors (Lipinski definition) is 1. The van der Waals surface area contributed by atoms with Crippen molar-refractivity contribution in [3.63, 3.8) is 0 Å². The SMILES string of the molecule is O=C(Nc1nnc([C@@H]2CCCO2)s1)c1cnc2sccn2c1=O. The predicted octanol–water partition coefficient (Wildman–Crippen LogP) is 1.71. The molecule has 118 valence electrons. The average molecular weight is 349 g/mol. The molecule has 0 spiro atoms. The van der Waals surface area contributed by atoms with Gasteiger partial charge in [0, 0.05) is 24.4 Å². The zero-order chi connectivity index (χ0) is 15.8. The van der Waals surface area contributed by atoms with Gasteiger partial charge in [0.05, 0.1) is 0 Å². The lowest BCUT2D eigenvalue weighted by Crippen LogP contribution is -2.25. The van der Waals surface area contributed by atoms with Crippen LogP contribution in [0.4, 0.5) is 5.13 Å². The van der Waals surface area contributed by atoms with Crippen LogP contribution in [0.15, 0.2) is 22.6 Å². The minimum absolute atomic E-state index is 0.0326. The highest BCUT2D eigenvalue weighted by molar-refractivity contribution is 7.15. The summed E-state index contributed by atoms with van der Waals surface area (Å²) in [6.07, 6.45) is 4.73. The van der Waals surface area contributed by atoms with Gasteiger partial charge in [-0.1, -0.05) is 11.3 Å². The summed E-state index contributed by atoms with van der Waals surface area (Å²) in [6, 6.07) is 0. The van der Waals surface area contributed by atoms with Gasteiger partial charge >= 0.3 is 0 Å². The van der Waals surface area contributed by atoms with Crippen molar-refractivity contribution < 1.29 is 9.53 Å². The Bertz CT molecular complexity index is 925. The van der Waals surface area contributed by atoms with Crippen molar-refractivity contribution in [3.05, 3.63) is 38.7 Å². The number of nitrogens with zero attached hydrogens (tertiary/aromatic N) is 4. The summed E-state index contributed by atoms with van der Waals surface area (Å²) in [7, 11) is 0. The van der Waals surface area contributed by atoms with Crippen molar-refractivity contribution >= 4 is 38.7 Å². The van der Waals surface area contributed by atoms with Gasteiger partial charge < -0.3 is 4.74 Å². The summed E-state index contributed by atoms with van der Waals surface area (Å²) in [4.78, 5) is 29.2. The van der Waals surface area contributed by atoms with Crippen LogP contribution in [0.3, 0.4) is 0 Å². The van der Waals surface area contributed by atoms with E-state index in [1.807, 2.05) is 0 Å². The van der Waals surface area contributed by atoms with Crippen molar-refractivity contribution in [2.24, 2.45) is 0 Å². The quantitative estimate of drug-likeness (QED) is 0.773. The Morgan fingerprint density at radius 3 is 3.17 bits per heavy atom. The van der Waals surface area contributed by atoms with Gasteiger partial charge in [0.25, 0.3) is 11.5 Å². The molecule has 0 bridgehead atoms. The first-order valence-electron chi connectivity index (χ1n) is 6.93. The second-order valence-corrected chi connectivity index (χ2v) is 6.82. The van der Waals surface area contributed by atoms with E-state index in [2.05, 4.69) is 20.5 Å². The highest BCUT2D eigenvalue weighted by Crippen LogP contribution is 2.31.